The highest BCUT2D eigenvalue weighted by atomic mass is 35.7. The predicted octanol–water partition coefficient (Wildman–Crippen LogP) is 2.41. The van der Waals surface area contributed by atoms with Crippen LogP contribution >= 0.6 is 22.0 Å². The fourth-order valence-electron chi connectivity index (χ4n) is 0.849. The van der Waals surface area contributed by atoms with Gasteiger partial charge in [0.25, 0.3) is 9.05 Å². The number of aromatic nitrogens is 1. The zero-order valence-corrected chi connectivity index (χ0v) is 9.55. The first-order chi connectivity index (χ1) is 6.04. The van der Waals surface area contributed by atoms with Crippen LogP contribution in [0.3, 0.4) is 0 Å². The summed E-state index contributed by atoms with van der Waals surface area (Å²) in [6.45, 7) is 2.08. The monoisotopic (exact) mass is 239 g/mol. The Morgan fingerprint density at radius 2 is 2.31 bits per heavy atom. The van der Waals surface area contributed by atoms with Crippen LogP contribution in [0.4, 0.5) is 0 Å². The Morgan fingerprint density at radius 1 is 1.62 bits per heavy atom. The maximum Gasteiger partial charge on any atom is 0.279 e. The number of rotatable bonds is 4. The van der Waals surface area contributed by atoms with E-state index in [9.17, 15) is 8.42 Å². The van der Waals surface area contributed by atoms with Gasteiger partial charge in [0.1, 0.15) is 0 Å². The second kappa shape index (κ2) is 4.39. The molecule has 1 heterocycles. The number of halogens is 1. The quantitative estimate of drug-likeness (QED) is 0.759. The lowest BCUT2D eigenvalue weighted by Gasteiger charge is -1.90. The molecule has 0 saturated carbocycles. The van der Waals surface area contributed by atoms with Crippen molar-refractivity contribution in [2.45, 2.75) is 31.2 Å². The second-order valence-corrected chi connectivity index (χ2v) is 6.08. The van der Waals surface area contributed by atoms with Gasteiger partial charge in [-0.05, 0) is 12.8 Å². The molecule has 0 atom stereocenters. The van der Waals surface area contributed by atoms with E-state index in [0.29, 0.717) is 0 Å². The van der Waals surface area contributed by atoms with E-state index < -0.39 is 9.05 Å². The van der Waals surface area contributed by atoms with Crippen molar-refractivity contribution in [2.75, 3.05) is 0 Å². The van der Waals surface area contributed by atoms with Crippen LogP contribution < -0.4 is 0 Å². The van der Waals surface area contributed by atoms with E-state index in [2.05, 4.69) is 11.9 Å². The Labute approximate surface area is 86.2 Å². The molecule has 0 aliphatic rings. The normalized spacial score (nSPS) is 11.8. The van der Waals surface area contributed by atoms with Crippen LogP contribution in [0.1, 0.15) is 24.8 Å². The summed E-state index contributed by atoms with van der Waals surface area (Å²) >= 11 is 1.34. The topological polar surface area (TPSA) is 47.0 Å². The van der Waals surface area contributed by atoms with E-state index in [1.807, 2.05) is 0 Å². The lowest BCUT2D eigenvalue weighted by molar-refractivity contribution is 0.606. The third-order valence-corrected chi connectivity index (χ3v) is 3.77. The van der Waals surface area contributed by atoms with Crippen molar-refractivity contribution >= 4 is 31.1 Å². The number of hydrogen-bond donors (Lipinski definition) is 0. The Balaban J connectivity index is 2.76. The molecule has 0 fully saturated rings. The van der Waals surface area contributed by atoms with Gasteiger partial charge >= 0.3 is 0 Å². The highest BCUT2D eigenvalue weighted by molar-refractivity contribution is 8.13. The molecule has 6 heteroatoms. The maximum absolute atomic E-state index is 10.8. The summed E-state index contributed by atoms with van der Waals surface area (Å²) < 4.78 is 21.7. The van der Waals surface area contributed by atoms with E-state index in [4.69, 9.17) is 10.7 Å². The smallest absolute Gasteiger partial charge is 0.228 e. The highest BCUT2D eigenvalue weighted by Crippen LogP contribution is 2.19. The molecule has 0 bridgehead atoms. The summed E-state index contributed by atoms with van der Waals surface area (Å²) in [7, 11) is 1.49. The second-order valence-electron chi connectivity index (χ2n) is 2.62. The van der Waals surface area contributed by atoms with Crippen molar-refractivity contribution in [1.29, 1.82) is 0 Å². The first-order valence-electron chi connectivity index (χ1n) is 3.93. The largest absolute Gasteiger partial charge is 0.279 e. The van der Waals surface area contributed by atoms with Gasteiger partial charge in [-0.25, -0.2) is 13.4 Å². The lowest BCUT2D eigenvalue weighted by atomic mass is 10.3. The minimum atomic E-state index is -3.64. The van der Waals surface area contributed by atoms with Crippen LogP contribution in [0.2, 0.25) is 0 Å². The van der Waals surface area contributed by atoms with E-state index in [-0.39, 0.29) is 5.03 Å². The van der Waals surface area contributed by atoms with Gasteiger partial charge in [0.15, 0.2) is 5.03 Å². The molecule has 0 aromatic carbocycles. The molecule has 0 amide bonds. The Kier molecular flexibility index (Phi) is 3.70. The molecule has 0 aliphatic heterocycles. The molecular formula is C7H10ClNO2S2. The third-order valence-electron chi connectivity index (χ3n) is 1.52. The predicted molar refractivity (Wildman–Crippen MR) is 53.8 cm³/mol. The SMILES string of the molecule is CCCCc1nc(S(=O)(=O)Cl)cs1. The Hall–Kier alpha value is -0.130. The average Bonchev–Trinajstić information content (AvgIpc) is 2.47. The fraction of sp³-hybridized carbons (Fsp3) is 0.571. The van der Waals surface area contributed by atoms with Gasteiger partial charge in [-0.2, -0.15) is 0 Å². The van der Waals surface area contributed by atoms with Crippen molar-refractivity contribution < 1.29 is 8.42 Å². The molecular weight excluding hydrogens is 230 g/mol. The van der Waals surface area contributed by atoms with E-state index >= 15 is 0 Å². The van der Waals surface area contributed by atoms with E-state index in [1.54, 1.807) is 0 Å². The summed E-state index contributed by atoms with van der Waals surface area (Å²) in [5, 5.41) is 2.29. The van der Waals surface area contributed by atoms with E-state index in [1.165, 1.54) is 16.7 Å². The molecule has 1 rings (SSSR count). The number of hydrogen-bond acceptors (Lipinski definition) is 4. The van der Waals surface area contributed by atoms with Gasteiger partial charge in [0.05, 0.1) is 5.01 Å². The summed E-state index contributed by atoms with van der Waals surface area (Å²) in [4.78, 5) is 3.92. The lowest BCUT2D eigenvalue weighted by Crippen LogP contribution is -1.91. The molecule has 1 aromatic heterocycles. The molecule has 3 nitrogen and oxygen atoms in total. The summed E-state index contributed by atoms with van der Waals surface area (Å²) in [5.74, 6) is 0. The van der Waals surface area contributed by atoms with Crippen LogP contribution in [0, 0.1) is 0 Å². The van der Waals surface area contributed by atoms with Gasteiger partial charge < -0.3 is 0 Å². The standard InChI is InChI=1S/C7H10ClNO2S2/c1-2-3-4-6-9-7(5-12-6)13(8,10)11/h5H,2-4H2,1H3. The van der Waals surface area contributed by atoms with Crippen molar-refractivity contribution in [1.82, 2.24) is 4.98 Å². The molecule has 0 radical (unpaired) electrons. The van der Waals surface area contributed by atoms with Crippen LogP contribution in [0.5, 0.6) is 0 Å². The van der Waals surface area contributed by atoms with Gasteiger partial charge in [-0.15, -0.1) is 11.3 Å². The summed E-state index contributed by atoms with van der Waals surface area (Å²) in [6, 6.07) is 0. The fourth-order valence-corrected chi connectivity index (χ4v) is 2.86. The third kappa shape index (κ3) is 3.25. The van der Waals surface area contributed by atoms with Crippen molar-refractivity contribution in [3.05, 3.63) is 10.4 Å². The molecule has 74 valence electrons. The minimum absolute atomic E-state index is 0.0229. The van der Waals surface area contributed by atoms with Crippen LogP contribution in [0.25, 0.3) is 0 Å². The van der Waals surface area contributed by atoms with Crippen LogP contribution in [0.15, 0.2) is 10.4 Å². The van der Waals surface area contributed by atoms with Crippen LogP contribution in [-0.4, -0.2) is 13.4 Å². The van der Waals surface area contributed by atoms with Gasteiger partial charge in [0.2, 0.25) is 0 Å². The first kappa shape index (κ1) is 10.9. The highest BCUT2D eigenvalue weighted by Gasteiger charge is 2.13. The molecule has 0 unspecified atom stereocenters. The van der Waals surface area contributed by atoms with Gasteiger partial charge in [-0.1, -0.05) is 13.3 Å². The number of unbranched alkanes of at least 4 members (excludes halogenated alkanes) is 1. The molecule has 0 saturated heterocycles. The molecule has 13 heavy (non-hydrogen) atoms. The molecule has 0 N–H and O–H groups in total. The molecule has 0 spiro atoms. The number of thiazole rings is 1. The Bertz CT molecular complexity index is 372. The number of aryl methyl sites for hydroxylation is 1. The van der Waals surface area contributed by atoms with Crippen molar-refractivity contribution in [3.8, 4) is 0 Å². The van der Waals surface area contributed by atoms with Gasteiger partial charge in [0, 0.05) is 16.1 Å². The van der Waals surface area contributed by atoms with E-state index in [0.717, 1.165) is 24.3 Å². The first-order valence-corrected chi connectivity index (χ1v) is 7.12. The average molecular weight is 240 g/mol. The summed E-state index contributed by atoms with van der Waals surface area (Å²) in [6.07, 6.45) is 2.92. The van der Waals surface area contributed by atoms with Crippen molar-refractivity contribution in [2.24, 2.45) is 0 Å². The van der Waals surface area contributed by atoms with Gasteiger partial charge in [-0.3, -0.25) is 0 Å². The zero-order chi connectivity index (χ0) is 9.90. The zero-order valence-electron chi connectivity index (χ0n) is 7.16. The summed E-state index contributed by atoms with van der Waals surface area (Å²) in [5.41, 5.74) is 0. The maximum atomic E-state index is 10.8. The minimum Gasteiger partial charge on any atom is -0.228 e. The van der Waals surface area contributed by atoms with Crippen LogP contribution in [-0.2, 0) is 15.5 Å². The number of nitrogens with zero attached hydrogens (tertiary/aromatic N) is 1. The Morgan fingerprint density at radius 3 is 2.77 bits per heavy atom. The van der Waals surface area contributed by atoms with Crippen molar-refractivity contribution in [3.63, 3.8) is 0 Å². The molecule has 1 aromatic rings. The molecule has 0 aliphatic carbocycles.